The van der Waals surface area contributed by atoms with E-state index in [0.29, 0.717) is 27.8 Å². The summed E-state index contributed by atoms with van der Waals surface area (Å²) >= 11 is 12.5. The molecule has 1 unspecified atom stereocenters. The maximum absolute atomic E-state index is 11.0. The molecule has 0 fully saturated rings. The number of hydrogen-bond acceptors (Lipinski definition) is 3. The van der Waals surface area contributed by atoms with Crippen molar-refractivity contribution in [2.45, 2.75) is 19.1 Å². The third kappa shape index (κ3) is 3.40. The van der Waals surface area contributed by atoms with Crippen LogP contribution in [0.15, 0.2) is 30.5 Å². The number of rotatable bonds is 5. The van der Waals surface area contributed by atoms with E-state index in [1.165, 1.54) is 0 Å². The first-order valence-corrected chi connectivity index (χ1v) is 7.43. The highest BCUT2D eigenvalue weighted by molar-refractivity contribution is 6.32. The summed E-state index contributed by atoms with van der Waals surface area (Å²) in [7, 11) is 3.97. The zero-order chi connectivity index (χ0) is 15.6. The molecule has 1 aromatic carbocycles. The molecule has 21 heavy (non-hydrogen) atoms. The molecule has 2 rings (SSSR count). The Morgan fingerprint density at radius 3 is 2.52 bits per heavy atom. The van der Waals surface area contributed by atoms with Gasteiger partial charge in [0.25, 0.3) is 0 Å². The Labute approximate surface area is 134 Å². The van der Waals surface area contributed by atoms with Gasteiger partial charge in [0.05, 0.1) is 23.5 Å². The zero-order valence-electron chi connectivity index (χ0n) is 12.3. The Balaban J connectivity index is 2.45. The molecule has 2 aromatic rings. The van der Waals surface area contributed by atoms with E-state index in [0.717, 1.165) is 6.54 Å². The summed E-state index contributed by atoms with van der Waals surface area (Å²) in [6, 6.07) is 7.21. The van der Waals surface area contributed by atoms with Crippen LogP contribution in [0.1, 0.15) is 18.2 Å². The van der Waals surface area contributed by atoms with E-state index in [4.69, 9.17) is 23.2 Å². The number of halogens is 2. The molecule has 114 valence electrons. The Hall–Kier alpha value is -1.07. The smallest absolute Gasteiger partial charge is 0.131 e. The Morgan fingerprint density at radius 1 is 1.24 bits per heavy atom. The number of aromatic nitrogens is 2. The van der Waals surface area contributed by atoms with E-state index in [-0.39, 0.29) is 0 Å². The summed E-state index contributed by atoms with van der Waals surface area (Å²) < 4.78 is 1.73. The van der Waals surface area contributed by atoms with Crippen LogP contribution >= 0.6 is 23.2 Å². The lowest BCUT2D eigenvalue weighted by atomic mass is 9.92. The molecule has 1 atom stereocenters. The molecule has 0 aliphatic carbocycles. The van der Waals surface area contributed by atoms with Crippen LogP contribution in [0.25, 0.3) is 0 Å². The van der Waals surface area contributed by atoms with Crippen molar-refractivity contribution < 1.29 is 5.11 Å². The van der Waals surface area contributed by atoms with Gasteiger partial charge in [0, 0.05) is 17.1 Å². The van der Waals surface area contributed by atoms with Crippen molar-refractivity contribution in [1.82, 2.24) is 14.7 Å². The molecule has 1 heterocycles. The first kappa shape index (κ1) is 16.3. The van der Waals surface area contributed by atoms with Crippen molar-refractivity contribution in [3.63, 3.8) is 0 Å². The molecule has 0 radical (unpaired) electrons. The highest BCUT2D eigenvalue weighted by atomic mass is 35.5. The maximum atomic E-state index is 11.0. The predicted octanol–water partition coefficient (Wildman–Crippen LogP) is 3.01. The molecule has 1 N–H and O–H groups in total. The van der Waals surface area contributed by atoms with E-state index < -0.39 is 5.60 Å². The fourth-order valence-electron chi connectivity index (χ4n) is 2.29. The molecule has 0 spiro atoms. The second-order valence-electron chi connectivity index (χ2n) is 5.42. The minimum absolute atomic E-state index is 0.429. The highest BCUT2D eigenvalue weighted by Crippen LogP contribution is 2.37. The Kier molecular flexibility index (Phi) is 4.94. The molecule has 0 bridgehead atoms. The second-order valence-corrected chi connectivity index (χ2v) is 6.23. The molecule has 0 saturated carbocycles. The van der Waals surface area contributed by atoms with E-state index >= 15 is 0 Å². The largest absolute Gasteiger partial charge is 0.379 e. The SMILES string of the molecule is CN(C)CCn1ncc(Cl)c1C(C)(O)c1ccccc1Cl. The molecular weight excluding hydrogens is 309 g/mol. The molecule has 0 saturated heterocycles. The van der Waals surface area contributed by atoms with E-state index in [1.54, 1.807) is 29.9 Å². The Bertz CT molecular complexity index is 623. The third-order valence-corrected chi connectivity index (χ3v) is 4.02. The van der Waals surface area contributed by atoms with Gasteiger partial charge in [-0.2, -0.15) is 5.10 Å². The second kappa shape index (κ2) is 6.36. The average molecular weight is 328 g/mol. The first-order chi connectivity index (χ1) is 9.84. The molecule has 4 nitrogen and oxygen atoms in total. The summed E-state index contributed by atoms with van der Waals surface area (Å²) in [5.41, 5.74) is -0.141. The van der Waals surface area contributed by atoms with Crippen LogP contribution in [-0.2, 0) is 12.1 Å². The molecule has 6 heteroatoms. The monoisotopic (exact) mass is 327 g/mol. The molecule has 0 amide bonds. The van der Waals surface area contributed by atoms with Crippen LogP contribution in [0.3, 0.4) is 0 Å². The van der Waals surface area contributed by atoms with Crippen LogP contribution in [0, 0.1) is 0 Å². The summed E-state index contributed by atoms with van der Waals surface area (Å²) in [6.07, 6.45) is 1.55. The minimum Gasteiger partial charge on any atom is -0.379 e. The van der Waals surface area contributed by atoms with Gasteiger partial charge in [0.1, 0.15) is 5.60 Å². The minimum atomic E-state index is -1.31. The van der Waals surface area contributed by atoms with Crippen molar-refractivity contribution in [2.24, 2.45) is 0 Å². The van der Waals surface area contributed by atoms with Gasteiger partial charge in [-0.15, -0.1) is 0 Å². The van der Waals surface area contributed by atoms with Crippen LogP contribution in [0.2, 0.25) is 10.0 Å². The number of hydrogen-bond donors (Lipinski definition) is 1. The van der Waals surface area contributed by atoms with E-state index in [1.807, 2.05) is 31.1 Å². The predicted molar refractivity (Wildman–Crippen MR) is 85.9 cm³/mol. The molecule has 1 aromatic heterocycles. The number of likely N-dealkylation sites (N-methyl/N-ethyl adjacent to an activating group) is 1. The lowest BCUT2D eigenvalue weighted by molar-refractivity contribution is 0.0911. The summed E-state index contributed by atoms with van der Waals surface area (Å²) in [6.45, 7) is 3.11. The van der Waals surface area contributed by atoms with Crippen molar-refractivity contribution in [2.75, 3.05) is 20.6 Å². The Morgan fingerprint density at radius 2 is 1.90 bits per heavy atom. The first-order valence-electron chi connectivity index (χ1n) is 6.68. The number of nitrogens with zero attached hydrogens (tertiary/aromatic N) is 3. The van der Waals surface area contributed by atoms with E-state index in [2.05, 4.69) is 5.10 Å². The number of benzene rings is 1. The van der Waals surface area contributed by atoms with Crippen LogP contribution in [0.4, 0.5) is 0 Å². The van der Waals surface area contributed by atoms with Crippen LogP contribution in [0.5, 0.6) is 0 Å². The van der Waals surface area contributed by atoms with Gasteiger partial charge in [-0.05, 0) is 27.1 Å². The normalized spacial score (nSPS) is 14.4. The van der Waals surface area contributed by atoms with Crippen LogP contribution < -0.4 is 0 Å². The van der Waals surface area contributed by atoms with Gasteiger partial charge >= 0.3 is 0 Å². The standard InChI is InChI=1S/C15H19Cl2N3O/c1-15(21,11-6-4-5-7-12(11)16)14-13(17)10-18-20(14)9-8-19(2)3/h4-7,10,21H,8-9H2,1-3H3. The third-order valence-electron chi connectivity index (χ3n) is 3.41. The van der Waals surface area contributed by atoms with Crippen molar-refractivity contribution >= 4 is 23.2 Å². The lowest BCUT2D eigenvalue weighted by Gasteiger charge is -2.27. The highest BCUT2D eigenvalue weighted by Gasteiger charge is 2.34. The van der Waals surface area contributed by atoms with Crippen LogP contribution in [-0.4, -0.2) is 40.4 Å². The van der Waals surface area contributed by atoms with Gasteiger partial charge in [-0.3, -0.25) is 4.68 Å². The summed E-state index contributed by atoms with van der Waals surface area (Å²) in [5, 5.41) is 16.2. The van der Waals surface area contributed by atoms with Gasteiger partial charge in [-0.1, -0.05) is 41.4 Å². The van der Waals surface area contributed by atoms with Crippen molar-refractivity contribution in [1.29, 1.82) is 0 Å². The molecule has 0 aliphatic rings. The molecular formula is C15H19Cl2N3O. The number of aliphatic hydroxyl groups is 1. The van der Waals surface area contributed by atoms with Gasteiger partial charge in [0.15, 0.2) is 0 Å². The fourth-order valence-corrected chi connectivity index (χ4v) is 2.94. The quantitative estimate of drug-likeness (QED) is 0.917. The van der Waals surface area contributed by atoms with Crippen molar-refractivity contribution in [3.8, 4) is 0 Å². The summed E-state index contributed by atoms with van der Waals surface area (Å²) in [5.74, 6) is 0. The average Bonchev–Trinajstić information content (AvgIpc) is 2.78. The molecule has 0 aliphatic heterocycles. The topological polar surface area (TPSA) is 41.3 Å². The van der Waals surface area contributed by atoms with Gasteiger partial charge in [0.2, 0.25) is 0 Å². The zero-order valence-corrected chi connectivity index (χ0v) is 13.9. The lowest BCUT2D eigenvalue weighted by Crippen LogP contribution is -2.30. The van der Waals surface area contributed by atoms with Gasteiger partial charge in [-0.25, -0.2) is 0 Å². The van der Waals surface area contributed by atoms with Crippen molar-refractivity contribution in [3.05, 3.63) is 51.8 Å². The summed E-state index contributed by atoms with van der Waals surface area (Å²) in [4.78, 5) is 2.05. The maximum Gasteiger partial charge on any atom is 0.131 e. The van der Waals surface area contributed by atoms with Gasteiger partial charge < -0.3 is 10.0 Å². The fraction of sp³-hybridized carbons (Fsp3) is 0.400. The van der Waals surface area contributed by atoms with E-state index in [9.17, 15) is 5.11 Å².